The number of fused-ring (bicyclic) bond motifs is 1. The molecule has 0 radical (unpaired) electrons. The van der Waals surface area contributed by atoms with Crippen LogP contribution in [0.4, 0.5) is 32.3 Å². The number of piperazine rings is 1. The Bertz CT molecular complexity index is 1410. The molecule has 0 spiro atoms. The summed E-state index contributed by atoms with van der Waals surface area (Å²) in [6, 6.07) is 5.47. The van der Waals surface area contributed by atoms with E-state index in [9.17, 15) is 31.1 Å². The van der Waals surface area contributed by atoms with Gasteiger partial charge in [-0.25, -0.2) is 19.6 Å². The number of carbonyl (C=O) groups excluding carboxylic acids is 1. The summed E-state index contributed by atoms with van der Waals surface area (Å²) in [5, 5.41) is 26.1. The Hall–Kier alpha value is -4.59. The van der Waals surface area contributed by atoms with E-state index >= 15 is 0 Å². The van der Waals surface area contributed by atoms with Gasteiger partial charge in [-0.05, 0) is 38.3 Å². The summed E-state index contributed by atoms with van der Waals surface area (Å²) in [6.07, 6.45) is -4.82. The summed E-state index contributed by atoms with van der Waals surface area (Å²) in [7, 11) is 2.08. The molecule has 0 aromatic carbocycles. The summed E-state index contributed by atoms with van der Waals surface area (Å²) in [4.78, 5) is 46.0. The standard InChI is InChI=1S/C22H31N9O.2C2HF3O2/c1-4-29(5-2)12-11-23-21(32)17-7-8-19-26-27-20(31(19)15-17)18-16-30(14-13-28(18)3)22-24-9-6-10-25-22;2*3-2(4,5)1(6)7/h6-10,15,18H,4-5,11-14,16H2,1-3H3,(H,23,32);2*(H,6,7). The van der Waals surface area contributed by atoms with Crippen molar-refractivity contribution in [1.82, 2.24) is 39.7 Å². The molecule has 3 N–H and O–H groups in total. The monoisotopic (exact) mass is 665 g/mol. The van der Waals surface area contributed by atoms with Crippen molar-refractivity contribution in [2.45, 2.75) is 32.2 Å². The number of rotatable bonds is 8. The lowest BCUT2D eigenvalue weighted by Gasteiger charge is -2.38. The first-order chi connectivity index (χ1) is 21.5. The molecule has 4 rings (SSSR count). The molecule has 1 atom stereocenters. The number of anilines is 1. The molecule has 3 aromatic rings. The van der Waals surface area contributed by atoms with Crippen LogP contribution in [0.2, 0.25) is 0 Å². The minimum Gasteiger partial charge on any atom is -0.475 e. The number of aromatic nitrogens is 5. The highest BCUT2D eigenvalue weighted by Gasteiger charge is 2.39. The first-order valence-corrected chi connectivity index (χ1v) is 13.7. The first-order valence-electron chi connectivity index (χ1n) is 13.7. The van der Waals surface area contributed by atoms with Gasteiger partial charge < -0.3 is 25.3 Å². The predicted octanol–water partition coefficient (Wildman–Crippen LogP) is 2.35. The van der Waals surface area contributed by atoms with E-state index in [0.29, 0.717) is 24.6 Å². The number of aliphatic carboxylic acids is 2. The maximum atomic E-state index is 12.7. The first kappa shape index (κ1) is 37.6. The van der Waals surface area contributed by atoms with Gasteiger partial charge in [0.05, 0.1) is 11.6 Å². The number of pyridine rings is 1. The fourth-order valence-corrected chi connectivity index (χ4v) is 4.03. The van der Waals surface area contributed by atoms with E-state index in [0.717, 1.165) is 44.2 Å². The minimum atomic E-state index is -5.08. The van der Waals surface area contributed by atoms with Gasteiger partial charge >= 0.3 is 24.3 Å². The lowest BCUT2D eigenvalue weighted by atomic mass is 10.1. The molecule has 1 saturated heterocycles. The molecule has 20 heteroatoms. The van der Waals surface area contributed by atoms with Crippen LogP contribution in [0.15, 0.2) is 36.8 Å². The molecule has 46 heavy (non-hydrogen) atoms. The van der Waals surface area contributed by atoms with Gasteiger partial charge in [0.15, 0.2) is 11.5 Å². The highest BCUT2D eigenvalue weighted by atomic mass is 19.4. The van der Waals surface area contributed by atoms with Crippen LogP contribution in [0.1, 0.15) is 36.1 Å². The smallest absolute Gasteiger partial charge is 0.475 e. The fraction of sp³-hybridized carbons (Fsp3) is 0.500. The SMILES string of the molecule is CCN(CC)CCNC(=O)c1ccc2nnc(C3CN(c4ncccn4)CCN3C)n2c1.O=C(O)C(F)(F)F.O=C(O)C(F)(F)F. The van der Waals surface area contributed by atoms with Crippen LogP contribution in [0.5, 0.6) is 0 Å². The summed E-state index contributed by atoms with van der Waals surface area (Å²) < 4.78 is 65.4. The van der Waals surface area contributed by atoms with Crippen molar-refractivity contribution in [3.05, 3.63) is 48.2 Å². The van der Waals surface area contributed by atoms with Gasteiger partial charge in [0.1, 0.15) is 0 Å². The summed E-state index contributed by atoms with van der Waals surface area (Å²) >= 11 is 0. The molecule has 1 aliphatic rings. The molecule has 14 nitrogen and oxygen atoms in total. The van der Waals surface area contributed by atoms with Crippen molar-refractivity contribution in [3.8, 4) is 0 Å². The largest absolute Gasteiger partial charge is 0.490 e. The van der Waals surface area contributed by atoms with Crippen molar-refractivity contribution in [2.75, 3.05) is 57.8 Å². The summed E-state index contributed by atoms with van der Waals surface area (Å²) in [6.45, 7) is 10.0. The van der Waals surface area contributed by atoms with E-state index < -0.39 is 24.3 Å². The third kappa shape index (κ3) is 11.1. The molecule has 3 aromatic heterocycles. The molecule has 0 bridgehead atoms. The highest BCUT2D eigenvalue weighted by Crippen LogP contribution is 2.25. The number of carbonyl (C=O) groups is 3. The molecule has 0 saturated carbocycles. The normalized spacial score (nSPS) is 15.4. The number of alkyl halides is 6. The van der Waals surface area contributed by atoms with Crippen LogP contribution in [0.3, 0.4) is 0 Å². The Labute approximate surface area is 258 Å². The minimum absolute atomic E-state index is 0.00327. The maximum Gasteiger partial charge on any atom is 0.490 e. The second kappa shape index (κ2) is 16.6. The number of amides is 1. The topological polar surface area (TPSA) is 169 Å². The number of nitrogens with one attached hydrogen (secondary N) is 1. The van der Waals surface area contributed by atoms with Crippen LogP contribution >= 0.6 is 0 Å². The van der Waals surface area contributed by atoms with Crippen molar-refractivity contribution in [3.63, 3.8) is 0 Å². The number of nitrogens with zero attached hydrogens (tertiary/aromatic N) is 8. The summed E-state index contributed by atoms with van der Waals surface area (Å²) in [5.41, 5.74) is 1.32. The Balaban J connectivity index is 0.000000440. The Kier molecular flexibility index (Phi) is 13.6. The van der Waals surface area contributed by atoms with E-state index in [1.807, 2.05) is 22.7 Å². The quantitative estimate of drug-likeness (QED) is 0.301. The van der Waals surface area contributed by atoms with Gasteiger partial charge in [0, 0.05) is 51.3 Å². The molecule has 1 fully saturated rings. The predicted molar refractivity (Wildman–Crippen MR) is 150 cm³/mol. The van der Waals surface area contributed by atoms with Crippen LogP contribution in [-0.4, -0.2) is 128 Å². The zero-order chi connectivity index (χ0) is 34.7. The molecular weight excluding hydrogens is 632 g/mol. The molecule has 1 aliphatic heterocycles. The molecule has 1 unspecified atom stereocenters. The van der Waals surface area contributed by atoms with E-state index in [4.69, 9.17) is 19.8 Å². The van der Waals surface area contributed by atoms with Gasteiger partial charge in [-0.3, -0.25) is 14.1 Å². The van der Waals surface area contributed by atoms with E-state index in [1.165, 1.54) is 0 Å². The van der Waals surface area contributed by atoms with Gasteiger partial charge in [-0.2, -0.15) is 26.3 Å². The molecular formula is C26H33F6N9O5. The van der Waals surface area contributed by atoms with Crippen molar-refractivity contribution in [2.24, 2.45) is 0 Å². The van der Waals surface area contributed by atoms with Gasteiger partial charge in [-0.15, -0.1) is 10.2 Å². The van der Waals surface area contributed by atoms with Gasteiger partial charge in [0.2, 0.25) is 5.95 Å². The van der Waals surface area contributed by atoms with E-state index in [2.05, 4.69) is 61.1 Å². The summed E-state index contributed by atoms with van der Waals surface area (Å²) in [5.74, 6) is -4.08. The molecule has 254 valence electrons. The lowest BCUT2D eigenvalue weighted by Crippen LogP contribution is -2.48. The second-order valence-electron chi connectivity index (χ2n) is 9.58. The number of carboxylic acids is 2. The van der Waals surface area contributed by atoms with Gasteiger partial charge in [0.25, 0.3) is 5.91 Å². The average molecular weight is 666 g/mol. The highest BCUT2D eigenvalue weighted by molar-refractivity contribution is 5.94. The van der Waals surface area contributed by atoms with Crippen LogP contribution < -0.4 is 10.2 Å². The number of halogens is 6. The molecule has 4 heterocycles. The Morgan fingerprint density at radius 1 is 0.957 bits per heavy atom. The number of hydrogen-bond acceptors (Lipinski definition) is 10. The zero-order valence-electron chi connectivity index (χ0n) is 25.0. The van der Waals surface area contributed by atoms with E-state index in [1.54, 1.807) is 18.5 Å². The Morgan fingerprint density at radius 3 is 2.04 bits per heavy atom. The number of hydrogen-bond donors (Lipinski definition) is 3. The fourth-order valence-electron chi connectivity index (χ4n) is 4.03. The second-order valence-corrected chi connectivity index (χ2v) is 9.58. The maximum absolute atomic E-state index is 12.7. The van der Waals surface area contributed by atoms with Crippen molar-refractivity contribution in [1.29, 1.82) is 0 Å². The zero-order valence-corrected chi connectivity index (χ0v) is 25.0. The van der Waals surface area contributed by atoms with Crippen molar-refractivity contribution >= 4 is 29.4 Å². The molecule has 0 aliphatic carbocycles. The van der Waals surface area contributed by atoms with Crippen LogP contribution in [0, 0.1) is 0 Å². The third-order valence-corrected chi connectivity index (χ3v) is 6.56. The molecule has 1 amide bonds. The van der Waals surface area contributed by atoms with Crippen LogP contribution in [-0.2, 0) is 9.59 Å². The Morgan fingerprint density at radius 2 is 1.52 bits per heavy atom. The average Bonchev–Trinajstić information content (AvgIpc) is 3.43. The number of likely N-dealkylation sites (N-methyl/N-ethyl adjacent to an activating group) is 2. The van der Waals surface area contributed by atoms with Crippen molar-refractivity contribution < 1.29 is 50.9 Å². The van der Waals surface area contributed by atoms with E-state index in [-0.39, 0.29) is 11.9 Å². The van der Waals surface area contributed by atoms with Gasteiger partial charge in [-0.1, -0.05) is 13.8 Å². The number of carboxylic acid groups (broad SMARTS) is 2. The van der Waals surface area contributed by atoms with Crippen LogP contribution in [0.25, 0.3) is 5.65 Å². The third-order valence-electron chi connectivity index (χ3n) is 6.56. The lowest BCUT2D eigenvalue weighted by molar-refractivity contribution is -0.193.